The monoisotopic (exact) mass is 885 g/mol. The Morgan fingerprint density at radius 2 is 0.853 bits per heavy atom. The molecule has 0 aliphatic carbocycles. The predicted molar refractivity (Wildman–Crippen MR) is 301 cm³/mol. The molecule has 0 nitrogen and oxygen atoms in total. The van der Waals surface area contributed by atoms with Gasteiger partial charge in [0, 0.05) is 0 Å². The minimum atomic E-state index is 1.05. The Kier molecular flexibility index (Phi) is 18.2. The van der Waals surface area contributed by atoms with Crippen LogP contribution in [0.15, 0.2) is 225 Å². The molecule has 0 radical (unpaired) electrons. The van der Waals surface area contributed by atoms with Gasteiger partial charge in [-0.25, -0.2) is 0 Å². The summed E-state index contributed by atoms with van der Waals surface area (Å²) in [5.41, 5.74) is 25.5. The van der Waals surface area contributed by atoms with Crippen molar-refractivity contribution in [3.63, 3.8) is 0 Å². The molecule has 0 unspecified atom stereocenters. The molecule has 0 aromatic heterocycles. The zero-order valence-electron chi connectivity index (χ0n) is 41.8. The van der Waals surface area contributed by atoms with E-state index in [0.29, 0.717) is 0 Å². The van der Waals surface area contributed by atoms with Gasteiger partial charge in [0.15, 0.2) is 0 Å². The van der Waals surface area contributed by atoms with Gasteiger partial charge in [-0.2, -0.15) is 0 Å². The SMILES string of the molecule is C=C(C)c1ccc(-c2ccccc2)cc1/C=C(\C)c1cccc(-c2cccc(-c3ccccc3)c2)c1.CC.CCc1c(-c2ccccc2C)ccc(-c2ccccc2C)c1C.Cc1ccccc1. The molecule has 68 heavy (non-hydrogen) atoms. The average molecular weight is 885 g/mol. The van der Waals surface area contributed by atoms with E-state index < -0.39 is 0 Å². The lowest BCUT2D eigenvalue weighted by atomic mass is 9.86. The molecule has 0 N–H and O–H groups in total. The summed E-state index contributed by atoms with van der Waals surface area (Å²) in [5, 5.41) is 0. The Balaban J connectivity index is 0.000000202. The molecular formula is C68H68. The molecule has 9 rings (SSSR count). The molecule has 0 amide bonds. The van der Waals surface area contributed by atoms with Crippen LogP contribution >= 0.6 is 0 Å². The predicted octanol–water partition coefficient (Wildman–Crippen LogP) is 19.8. The highest BCUT2D eigenvalue weighted by Crippen LogP contribution is 2.36. The molecule has 0 aliphatic heterocycles. The summed E-state index contributed by atoms with van der Waals surface area (Å²) in [6.07, 6.45) is 3.34. The number of allylic oxidation sites excluding steroid dienone is 2. The molecule has 0 heteroatoms. The van der Waals surface area contributed by atoms with Crippen molar-refractivity contribution >= 4 is 17.2 Å². The number of hydrogen-bond donors (Lipinski definition) is 0. The summed E-state index contributed by atoms with van der Waals surface area (Å²) in [7, 11) is 0. The molecule has 0 aliphatic rings. The number of benzene rings is 9. The molecule has 0 saturated heterocycles. The third-order valence-corrected chi connectivity index (χ3v) is 12.4. The lowest BCUT2D eigenvalue weighted by Crippen LogP contribution is -1.97. The molecule has 0 saturated carbocycles. The molecule has 9 aromatic carbocycles. The minimum absolute atomic E-state index is 1.05. The first kappa shape index (κ1) is 49.9. The summed E-state index contributed by atoms with van der Waals surface area (Å²) in [6, 6.07) is 77.5. The van der Waals surface area contributed by atoms with Crippen molar-refractivity contribution in [1.82, 2.24) is 0 Å². The van der Waals surface area contributed by atoms with E-state index >= 15 is 0 Å². The fourth-order valence-corrected chi connectivity index (χ4v) is 8.69. The standard InChI is InChI=1S/C36H30.C23H24.C7H8.C2H6/c1-26(2)36-21-20-34(29-14-8-5-9-15-29)25-35(36)22-27(3)30-16-10-18-32(23-30)33-19-11-17-31(24-33)28-12-6-4-7-13-28;1-5-19-18(4)22(20-12-8-6-10-16(20)2)14-15-23(19)21-13-9-7-11-17(21)3;1-7-5-3-2-4-6-7;1-2/h4-25H,1H2,2-3H3;6-15H,5H2,1-4H3;2-6H,1H3;1-2H3/b27-22+;;;. The smallest absolute Gasteiger partial charge is 0.0146 e. The Morgan fingerprint density at radius 1 is 0.412 bits per heavy atom. The van der Waals surface area contributed by atoms with E-state index in [1.54, 1.807) is 0 Å². The van der Waals surface area contributed by atoms with Gasteiger partial charge in [0.2, 0.25) is 0 Å². The summed E-state index contributed by atoms with van der Waals surface area (Å²) >= 11 is 0. The van der Waals surface area contributed by atoms with E-state index in [9.17, 15) is 0 Å². The zero-order chi connectivity index (χ0) is 48.4. The first-order valence-electron chi connectivity index (χ1n) is 24.2. The highest BCUT2D eigenvalue weighted by molar-refractivity contribution is 5.88. The van der Waals surface area contributed by atoms with Gasteiger partial charge < -0.3 is 0 Å². The van der Waals surface area contributed by atoms with E-state index in [1.807, 2.05) is 32.0 Å². The van der Waals surface area contributed by atoms with Crippen LogP contribution in [-0.4, -0.2) is 0 Å². The summed E-state index contributed by atoms with van der Waals surface area (Å²) in [6.45, 7) is 23.5. The largest absolute Gasteiger partial charge is 0.0955 e. The van der Waals surface area contributed by atoms with E-state index in [4.69, 9.17) is 0 Å². The normalized spacial score (nSPS) is 10.6. The molecule has 0 atom stereocenters. The first-order chi connectivity index (χ1) is 33.1. The van der Waals surface area contributed by atoms with Crippen LogP contribution in [-0.2, 0) is 6.42 Å². The van der Waals surface area contributed by atoms with Crippen LogP contribution in [0.1, 0.15) is 79.1 Å². The van der Waals surface area contributed by atoms with Crippen LogP contribution in [0, 0.1) is 27.7 Å². The maximum absolute atomic E-state index is 4.23. The lowest BCUT2D eigenvalue weighted by Gasteiger charge is -2.18. The maximum atomic E-state index is 4.23. The van der Waals surface area contributed by atoms with Gasteiger partial charge in [0.25, 0.3) is 0 Å². The van der Waals surface area contributed by atoms with Crippen molar-refractivity contribution in [1.29, 1.82) is 0 Å². The molecule has 0 fully saturated rings. The van der Waals surface area contributed by atoms with Crippen molar-refractivity contribution in [3.8, 4) is 55.6 Å². The second kappa shape index (κ2) is 24.8. The fourth-order valence-electron chi connectivity index (χ4n) is 8.69. The minimum Gasteiger partial charge on any atom is -0.0955 e. The van der Waals surface area contributed by atoms with Crippen molar-refractivity contribution in [2.24, 2.45) is 0 Å². The second-order valence-electron chi connectivity index (χ2n) is 17.2. The quantitative estimate of drug-likeness (QED) is 0.127. The van der Waals surface area contributed by atoms with Crippen molar-refractivity contribution < 1.29 is 0 Å². The van der Waals surface area contributed by atoms with Crippen molar-refractivity contribution in [3.05, 3.63) is 269 Å². The van der Waals surface area contributed by atoms with Gasteiger partial charge in [-0.05, 0) is 166 Å². The summed E-state index contributed by atoms with van der Waals surface area (Å²) in [5.74, 6) is 0. The third-order valence-electron chi connectivity index (χ3n) is 12.4. The zero-order valence-corrected chi connectivity index (χ0v) is 41.8. The van der Waals surface area contributed by atoms with Gasteiger partial charge in [0.05, 0.1) is 0 Å². The van der Waals surface area contributed by atoms with E-state index in [-0.39, 0.29) is 0 Å². The van der Waals surface area contributed by atoms with Gasteiger partial charge in [-0.1, -0.05) is 245 Å². The molecule has 0 spiro atoms. The van der Waals surface area contributed by atoms with Crippen molar-refractivity contribution in [2.45, 2.75) is 68.7 Å². The molecule has 0 bridgehead atoms. The van der Waals surface area contributed by atoms with Crippen LogP contribution in [0.25, 0.3) is 72.9 Å². The molecule has 9 aromatic rings. The number of rotatable bonds is 9. The average Bonchev–Trinajstić information content (AvgIpc) is 3.38. The maximum Gasteiger partial charge on any atom is -0.0146 e. The highest BCUT2D eigenvalue weighted by Gasteiger charge is 2.14. The topological polar surface area (TPSA) is 0 Å². The van der Waals surface area contributed by atoms with Crippen LogP contribution in [0.5, 0.6) is 0 Å². The van der Waals surface area contributed by atoms with Gasteiger partial charge in [0.1, 0.15) is 0 Å². The summed E-state index contributed by atoms with van der Waals surface area (Å²) < 4.78 is 0. The Bertz CT molecular complexity index is 3060. The Morgan fingerprint density at radius 3 is 1.37 bits per heavy atom. The Hall–Kier alpha value is -7.54. The Labute approximate surface area is 409 Å². The molecule has 340 valence electrons. The van der Waals surface area contributed by atoms with E-state index in [1.165, 1.54) is 106 Å². The molecular weight excluding hydrogens is 817 g/mol. The number of hydrogen-bond acceptors (Lipinski definition) is 0. The van der Waals surface area contributed by atoms with Crippen LogP contribution in [0.4, 0.5) is 0 Å². The second-order valence-corrected chi connectivity index (χ2v) is 17.2. The van der Waals surface area contributed by atoms with Crippen LogP contribution in [0.2, 0.25) is 0 Å². The van der Waals surface area contributed by atoms with Crippen molar-refractivity contribution in [2.75, 3.05) is 0 Å². The van der Waals surface area contributed by atoms with E-state index in [0.717, 1.165) is 12.0 Å². The fraction of sp³-hybridized carbons (Fsp3) is 0.147. The lowest BCUT2D eigenvalue weighted by molar-refractivity contribution is 1.11. The highest BCUT2D eigenvalue weighted by atomic mass is 14.2. The number of aryl methyl sites for hydroxylation is 3. The van der Waals surface area contributed by atoms with Gasteiger partial charge in [-0.3, -0.25) is 0 Å². The van der Waals surface area contributed by atoms with Gasteiger partial charge in [-0.15, -0.1) is 0 Å². The first-order valence-corrected chi connectivity index (χ1v) is 24.2. The van der Waals surface area contributed by atoms with Gasteiger partial charge >= 0.3 is 0 Å². The summed E-state index contributed by atoms with van der Waals surface area (Å²) in [4.78, 5) is 0. The third kappa shape index (κ3) is 12.9. The van der Waals surface area contributed by atoms with Crippen LogP contribution < -0.4 is 0 Å². The molecule has 0 heterocycles. The van der Waals surface area contributed by atoms with E-state index in [2.05, 4.69) is 261 Å². The van der Waals surface area contributed by atoms with Crippen LogP contribution in [0.3, 0.4) is 0 Å².